The van der Waals surface area contributed by atoms with Gasteiger partial charge >= 0.3 is 8.60 Å². The lowest BCUT2D eigenvalue weighted by Gasteiger charge is -2.21. The molecule has 4 atom stereocenters. The van der Waals surface area contributed by atoms with Gasteiger partial charge in [-0.1, -0.05) is 0 Å². The summed E-state index contributed by atoms with van der Waals surface area (Å²) in [7, 11) is 4.41. The number of methoxy groups -OCH3 is 1. The Morgan fingerprint density at radius 2 is 2.07 bits per heavy atom. The summed E-state index contributed by atoms with van der Waals surface area (Å²) in [6.45, 7) is -0.318. The predicted octanol–water partition coefficient (Wildman–Crippen LogP) is -1.52. The molecule has 1 fully saturated rings. The van der Waals surface area contributed by atoms with Crippen LogP contribution in [0.25, 0.3) is 0 Å². The summed E-state index contributed by atoms with van der Waals surface area (Å²) >= 11 is 0. The fraction of sp³-hybridized carbons (Fsp3) is 1.00. The first-order valence-corrected chi connectivity index (χ1v) is 5.16. The van der Waals surface area contributed by atoms with Crippen molar-refractivity contribution in [1.82, 2.24) is 0 Å². The van der Waals surface area contributed by atoms with Crippen LogP contribution in [-0.4, -0.2) is 60.8 Å². The van der Waals surface area contributed by atoms with Crippen molar-refractivity contribution in [3.8, 4) is 0 Å². The van der Waals surface area contributed by atoms with Crippen molar-refractivity contribution in [3.05, 3.63) is 0 Å². The molecule has 0 bridgehead atoms. The minimum Gasteiger partial charge on any atom is -0.394 e. The highest BCUT2D eigenvalue weighted by molar-refractivity contribution is 7.39. The van der Waals surface area contributed by atoms with Crippen LogP contribution in [0.15, 0.2) is 0 Å². The molecule has 1 heterocycles. The van der Waals surface area contributed by atoms with Crippen molar-refractivity contribution in [3.63, 3.8) is 0 Å². The molecule has 14 heavy (non-hydrogen) atoms. The van der Waals surface area contributed by atoms with E-state index in [1.807, 2.05) is 0 Å². The van der Waals surface area contributed by atoms with E-state index in [0.29, 0.717) is 0 Å². The molecule has 1 aliphatic heterocycles. The van der Waals surface area contributed by atoms with Crippen LogP contribution in [0.2, 0.25) is 0 Å². The summed E-state index contributed by atoms with van der Waals surface area (Å²) in [6, 6.07) is -0.739. The number of hydrogen-bond acceptors (Lipinski definition) is 6. The van der Waals surface area contributed by atoms with E-state index in [2.05, 4.69) is 0 Å². The Bertz CT molecular complexity index is 182. The standard InChI is InChI=1S/C6H12BO6P/c1-11-5-4(13-14(9)10)3(2-8)12-6(5)7/h3-6,8-10H,2H2,1H3. The van der Waals surface area contributed by atoms with Gasteiger partial charge in [0.25, 0.3) is 0 Å². The monoisotopic (exact) mass is 222 g/mol. The van der Waals surface area contributed by atoms with Gasteiger partial charge in [-0.05, 0) is 0 Å². The van der Waals surface area contributed by atoms with E-state index in [1.165, 1.54) is 7.11 Å². The Morgan fingerprint density at radius 1 is 1.43 bits per heavy atom. The van der Waals surface area contributed by atoms with Crippen molar-refractivity contribution < 1.29 is 28.9 Å². The van der Waals surface area contributed by atoms with Gasteiger partial charge in [-0.3, -0.25) is 0 Å². The molecule has 0 saturated carbocycles. The van der Waals surface area contributed by atoms with Gasteiger partial charge in [0.2, 0.25) is 0 Å². The zero-order valence-electron chi connectivity index (χ0n) is 7.61. The highest BCUT2D eigenvalue weighted by Gasteiger charge is 2.44. The second kappa shape index (κ2) is 5.37. The average Bonchev–Trinajstić information content (AvgIpc) is 2.41. The second-order valence-electron chi connectivity index (χ2n) is 2.84. The second-order valence-corrected chi connectivity index (χ2v) is 3.56. The van der Waals surface area contributed by atoms with Gasteiger partial charge < -0.3 is 28.9 Å². The fourth-order valence-electron chi connectivity index (χ4n) is 1.41. The molecule has 4 unspecified atom stereocenters. The van der Waals surface area contributed by atoms with Crippen molar-refractivity contribution >= 4 is 16.4 Å². The molecule has 1 saturated heterocycles. The maximum absolute atomic E-state index is 8.91. The maximum Gasteiger partial charge on any atom is 0.327 e. The van der Waals surface area contributed by atoms with E-state index < -0.39 is 32.9 Å². The summed E-state index contributed by atoms with van der Waals surface area (Å²) in [5.41, 5.74) is 0. The molecule has 0 aromatic rings. The van der Waals surface area contributed by atoms with E-state index in [-0.39, 0.29) is 6.61 Å². The summed E-state index contributed by atoms with van der Waals surface area (Å²) < 4.78 is 14.8. The molecule has 0 aliphatic carbocycles. The van der Waals surface area contributed by atoms with Gasteiger partial charge in [-0.25, -0.2) is 0 Å². The van der Waals surface area contributed by atoms with Gasteiger partial charge in [-0.15, -0.1) is 0 Å². The molecule has 2 radical (unpaired) electrons. The van der Waals surface area contributed by atoms with Gasteiger partial charge in [0.05, 0.1) is 6.61 Å². The zero-order chi connectivity index (χ0) is 10.7. The minimum atomic E-state index is -2.52. The summed E-state index contributed by atoms with van der Waals surface area (Å²) in [4.78, 5) is 17.4. The molecular formula is C6H12BO6P. The number of aliphatic hydroxyl groups is 1. The Hall–Kier alpha value is 0.255. The first kappa shape index (κ1) is 12.3. The van der Waals surface area contributed by atoms with Crippen LogP contribution in [-0.2, 0) is 14.0 Å². The van der Waals surface area contributed by atoms with Crippen molar-refractivity contribution in [2.75, 3.05) is 13.7 Å². The van der Waals surface area contributed by atoms with Crippen LogP contribution in [0.3, 0.4) is 0 Å². The highest BCUT2D eigenvalue weighted by atomic mass is 31.2. The lowest BCUT2D eigenvalue weighted by Crippen LogP contribution is -2.37. The molecular weight excluding hydrogens is 210 g/mol. The molecule has 1 rings (SSSR count). The Balaban J connectivity index is 2.64. The first-order chi connectivity index (χ1) is 6.60. The zero-order valence-corrected chi connectivity index (χ0v) is 8.50. The van der Waals surface area contributed by atoms with E-state index in [4.69, 9.17) is 36.7 Å². The summed E-state index contributed by atoms with van der Waals surface area (Å²) in [5.74, 6) is 0. The lowest BCUT2D eigenvalue weighted by molar-refractivity contribution is -0.00599. The normalized spacial score (nSPS) is 38.1. The van der Waals surface area contributed by atoms with Crippen LogP contribution in [0.5, 0.6) is 0 Å². The van der Waals surface area contributed by atoms with E-state index in [0.717, 1.165) is 0 Å². The maximum atomic E-state index is 8.91. The molecule has 8 heteroatoms. The number of aliphatic hydroxyl groups excluding tert-OH is 1. The first-order valence-electron chi connectivity index (χ1n) is 3.99. The third-order valence-electron chi connectivity index (χ3n) is 2.01. The third kappa shape index (κ3) is 2.64. The smallest absolute Gasteiger partial charge is 0.327 e. The van der Waals surface area contributed by atoms with Crippen LogP contribution < -0.4 is 0 Å². The lowest BCUT2D eigenvalue weighted by atomic mass is 9.93. The topological polar surface area (TPSA) is 88.4 Å². The molecule has 0 amide bonds. The number of hydrogen-bond donors (Lipinski definition) is 3. The van der Waals surface area contributed by atoms with Gasteiger partial charge in [0.1, 0.15) is 26.2 Å². The summed E-state index contributed by atoms with van der Waals surface area (Å²) in [5, 5.41) is 8.91. The Kier molecular flexibility index (Phi) is 4.73. The van der Waals surface area contributed by atoms with Gasteiger partial charge in [0.15, 0.2) is 0 Å². The molecule has 80 valence electrons. The molecule has 0 aromatic heterocycles. The van der Waals surface area contributed by atoms with Crippen molar-refractivity contribution in [2.45, 2.75) is 24.3 Å². The highest BCUT2D eigenvalue weighted by Crippen LogP contribution is 2.35. The van der Waals surface area contributed by atoms with Crippen LogP contribution in [0, 0.1) is 0 Å². The average molecular weight is 222 g/mol. The Labute approximate surface area is 84.2 Å². The SMILES string of the molecule is [B]C1OC(CO)C(OP(O)O)C1OC. The van der Waals surface area contributed by atoms with Crippen LogP contribution >= 0.6 is 8.60 Å². The van der Waals surface area contributed by atoms with Crippen LogP contribution in [0.4, 0.5) is 0 Å². The molecule has 0 spiro atoms. The van der Waals surface area contributed by atoms with Crippen molar-refractivity contribution in [1.29, 1.82) is 0 Å². The molecule has 3 N–H and O–H groups in total. The fourth-order valence-corrected chi connectivity index (χ4v) is 1.88. The van der Waals surface area contributed by atoms with Gasteiger partial charge in [-0.2, -0.15) is 0 Å². The third-order valence-corrected chi connectivity index (χ3v) is 2.45. The molecule has 0 aromatic carbocycles. The summed E-state index contributed by atoms with van der Waals surface area (Å²) in [6.07, 6.45) is -2.07. The largest absolute Gasteiger partial charge is 0.394 e. The van der Waals surface area contributed by atoms with E-state index >= 15 is 0 Å². The van der Waals surface area contributed by atoms with E-state index in [1.54, 1.807) is 0 Å². The predicted molar refractivity (Wildman–Crippen MR) is 48.5 cm³/mol. The van der Waals surface area contributed by atoms with Crippen LogP contribution in [0.1, 0.15) is 0 Å². The minimum absolute atomic E-state index is 0.318. The molecule has 1 aliphatic rings. The Morgan fingerprint density at radius 3 is 2.50 bits per heavy atom. The molecule has 6 nitrogen and oxygen atoms in total. The number of rotatable bonds is 4. The van der Waals surface area contributed by atoms with E-state index in [9.17, 15) is 0 Å². The van der Waals surface area contributed by atoms with Crippen molar-refractivity contribution in [2.24, 2.45) is 0 Å². The number of ether oxygens (including phenoxy) is 2. The quantitative estimate of drug-likeness (QED) is 0.395. The van der Waals surface area contributed by atoms with Gasteiger partial charge in [0, 0.05) is 13.1 Å².